The lowest BCUT2D eigenvalue weighted by atomic mass is 10.1. The quantitative estimate of drug-likeness (QED) is 0.753. The Kier molecular flexibility index (Phi) is 6.92. The first-order valence-electron chi connectivity index (χ1n) is 9.46. The number of likely N-dealkylation sites (tertiary alicyclic amines) is 1. The standard InChI is InChI=1S/C21H23ClN2O4S/c22-18-7-9-19(10-8-18)23-20(25)15-29(27,28)14-16-5-4-6-17(13-16)21(26)24-11-2-1-3-12-24/h4-10,13H,1-3,11-12,14-15H2,(H,23,25). The molecule has 29 heavy (non-hydrogen) atoms. The van der Waals surface area contributed by atoms with Gasteiger partial charge in [0.2, 0.25) is 5.91 Å². The van der Waals surface area contributed by atoms with Gasteiger partial charge in [-0.2, -0.15) is 0 Å². The van der Waals surface area contributed by atoms with Gasteiger partial charge in [0.15, 0.2) is 9.84 Å². The van der Waals surface area contributed by atoms with Gasteiger partial charge in [0.25, 0.3) is 5.91 Å². The molecule has 3 rings (SSSR count). The Morgan fingerprint density at radius 1 is 1.00 bits per heavy atom. The average molecular weight is 435 g/mol. The highest BCUT2D eigenvalue weighted by molar-refractivity contribution is 7.91. The highest BCUT2D eigenvalue weighted by atomic mass is 35.5. The maximum atomic E-state index is 12.6. The lowest BCUT2D eigenvalue weighted by Crippen LogP contribution is -2.35. The normalized spacial score (nSPS) is 14.4. The van der Waals surface area contributed by atoms with Crippen LogP contribution in [-0.4, -0.2) is 44.0 Å². The fraction of sp³-hybridized carbons (Fsp3) is 0.333. The number of sulfone groups is 1. The van der Waals surface area contributed by atoms with E-state index in [2.05, 4.69) is 5.32 Å². The summed E-state index contributed by atoms with van der Waals surface area (Å²) in [6.45, 7) is 1.46. The molecule has 0 aliphatic carbocycles. The Hall–Kier alpha value is -2.38. The summed E-state index contributed by atoms with van der Waals surface area (Å²) in [7, 11) is -3.69. The van der Waals surface area contributed by atoms with Gasteiger partial charge in [0.05, 0.1) is 5.75 Å². The SMILES string of the molecule is O=C(CS(=O)(=O)Cc1cccc(C(=O)N2CCCCC2)c1)Nc1ccc(Cl)cc1. The number of piperidine rings is 1. The summed E-state index contributed by atoms with van der Waals surface area (Å²) in [5.74, 6) is -1.64. The third-order valence-corrected chi connectivity index (χ3v) is 6.41. The van der Waals surface area contributed by atoms with Crippen LogP contribution >= 0.6 is 11.6 Å². The second-order valence-corrected chi connectivity index (χ2v) is 9.64. The van der Waals surface area contributed by atoms with Crippen LogP contribution in [0, 0.1) is 0 Å². The first-order chi connectivity index (χ1) is 13.8. The van der Waals surface area contributed by atoms with Crippen molar-refractivity contribution in [2.75, 3.05) is 24.2 Å². The van der Waals surface area contributed by atoms with E-state index in [1.54, 1.807) is 53.4 Å². The lowest BCUT2D eigenvalue weighted by Gasteiger charge is -2.26. The third kappa shape index (κ3) is 6.30. The van der Waals surface area contributed by atoms with Crippen molar-refractivity contribution in [2.45, 2.75) is 25.0 Å². The van der Waals surface area contributed by atoms with Crippen molar-refractivity contribution >= 4 is 38.9 Å². The van der Waals surface area contributed by atoms with Gasteiger partial charge in [-0.3, -0.25) is 9.59 Å². The number of hydrogen-bond donors (Lipinski definition) is 1. The molecule has 1 aliphatic heterocycles. The monoisotopic (exact) mass is 434 g/mol. The predicted molar refractivity (Wildman–Crippen MR) is 114 cm³/mol. The summed E-state index contributed by atoms with van der Waals surface area (Å²) in [5, 5.41) is 3.07. The van der Waals surface area contributed by atoms with Crippen LogP contribution in [0.4, 0.5) is 5.69 Å². The Bertz CT molecular complexity index is 984. The molecule has 6 nitrogen and oxygen atoms in total. The van der Waals surface area contributed by atoms with Crippen LogP contribution in [-0.2, 0) is 20.4 Å². The maximum Gasteiger partial charge on any atom is 0.253 e. The topological polar surface area (TPSA) is 83.5 Å². The van der Waals surface area contributed by atoms with E-state index in [0.717, 1.165) is 32.4 Å². The Labute approximate surface area is 175 Å². The van der Waals surface area contributed by atoms with Crippen molar-refractivity contribution < 1.29 is 18.0 Å². The number of nitrogens with one attached hydrogen (secondary N) is 1. The van der Waals surface area contributed by atoms with E-state index in [-0.39, 0.29) is 11.7 Å². The molecule has 0 saturated carbocycles. The minimum absolute atomic E-state index is 0.0792. The summed E-state index contributed by atoms with van der Waals surface area (Å²) in [6, 6.07) is 13.0. The summed E-state index contributed by atoms with van der Waals surface area (Å²) in [6.07, 6.45) is 3.10. The smallest absolute Gasteiger partial charge is 0.253 e. The molecular weight excluding hydrogens is 412 g/mol. The van der Waals surface area contributed by atoms with E-state index in [9.17, 15) is 18.0 Å². The van der Waals surface area contributed by atoms with E-state index in [4.69, 9.17) is 11.6 Å². The predicted octanol–water partition coefficient (Wildman–Crippen LogP) is 3.52. The van der Waals surface area contributed by atoms with Crippen LogP contribution in [0.2, 0.25) is 5.02 Å². The first kappa shape index (κ1) is 21.3. The first-order valence-corrected chi connectivity index (χ1v) is 11.7. The minimum Gasteiger partial charge on any atom is -0.339 e. The van der Waals surface area contributed by atoms with Gasteiger partial charge in [0.1, 0.15) is 5.75 Å². The minimum atomic E-state index is -3.69. The number of carbonyl (C=O) groups is 2. The number of halogens is 1. The molecule has 8 heteroatoms. The van der Waals surface area contributed by atoms with E-state index in [1.807, 2.05) is 0 Å². The van der Waals surface area contributed by atoms with Gasteiger partial charge < -0.3 is 10.2 Å². The van der Waals surface area contributed by atoms with Gasteiger partial charge in [-0.15, -0.1) is 0 Å². The van der Waals surface area contributed by atoms with Crippen molar-refractivity contribution in [1.29, 1.82) is 0 Å². The molecule has 154 valence electrons. The molecule has 0 unspecified atom stereocenters. The molecule has 0 aromatic heterocycles. The molecule has 1 fully saturated rings. The van der Waals surface area contributed by atoms with E-state index >= 15 is 0 Å². The van der Waals surface area contributed by atoms with Crippen molar-refractivity contribution in [1.82, 2.24) is 4.90 Å². The van der Waals surface area contributed by atoms with E-state index in [0.29, 0.717) is 21.8 Å². The Morgan fingerprint density at radius 2 is 1.69 bits per heavy atom. The highest BCUT2D eigenvalue weighted by Gasteiger charge is 2.21. The number of amides is 2. The Morgan fingerprint density at radius 3 is 2.38 bits per heavy atom. The summed E-state index contributed by atoms with van der Waals surface area (Å²) in [4.78, 5) is 26.5. The fourth-order valence-electron chi connectivity index (χ4n) is 3.31. The summed E-state index contributed by atoms with van der Waals surface area (Å²) < 4.78 is 24.9. The average Bonchev–Trinajstić information content (AvgIpc) is 2.69. The van der Waals surface area contributed by atoms with Crippen LogP contribution in [0.15, 0.2) is 48.5 Å². The van der Waals surface area contributed by atoms with E-state index < -0.39 is 21.5 Å². The van der Waals surface area contributed by atoms with Crippen LogP contribution < -0.4 is 5.32 Å². The van der Waals surface area contributed by atoms with Gasteiger partial charge in [-0.25, -0.2) is 8.42 Å². The van der Waals surface area contributed by atoms with Gasteiger partial charge in [-0.05, 0) is 61.2 Å². The molecule has 2 amide bonds. The van der Waals surface area contributed by atoms with Crippen LogP contribution in [0.3, 0.4) is 0 Å². The molecule has 2 aromatic carbocycles. The molecule has 0 atom stereocenters. The second-order valence-electron chi connectivity index (χ2n) is 7.14. The Balaban J connectivity index is 1.62. The van der Waals surface area contributed by atoms with Gasteiger partial charge in [0, 0.05) is 29.4 Å². The zero-order valence-corrected chi connectivity index (χ0v) is 17.5. The van der Waals surface area contributed by atoms with Crippen LogP contribution in [0.1, 0.15) is 35.2 Å². The molecule has 0 spiro atoms. The molecule has 1 aliphatic rings. The number of carbonyl (C=O) groups excluding carboxylic acids is 2. The molecule has 0 radical (unpaired) electrons. The van der Waals surface area contributed by atoms with Crippen molar-refractivity contribution in [3.05, 3.63) is 64.7 Å². The van der Waals surface area contributed by atoms with Crippen molar-refractivity contribution in [3.63, 3.8) is 0 Å². The van der Waals surface area contributed by atoms with Gasteiger partial charge >= 0.3 is 0 Å². The molecule has 1 N–H and O–H groups in total. The fourth-order valence-corrected chi connectivity index (χ4v) is 4.70. The van der Waals surface area contributed by atoms with Crippen LogP contribution in [0.5, 0.6) is 0 Å². The van der Waals surface area contributed by atoms with Crippen LogP contribution in [0.25, 0.3) is 0 Å². The number of nitrogens with zero attached hydrogens (tertiary/aromatic N) is 1. The number of anilines is 1. The number of benzene rings is 2. The molecule has 0 bridgehead atoms. The molecule has 1 saturated heterocycles. The largest absolute Gasteiger partial charge is 0.339 e. The number of hydrogen-bond acceptors (Lipinski definition) is 4. The maximum absolute atomic E-state index is 12.6. The zero-order valence-electron chi connectivity index (χ0n) is 15.9. The highest BCUT2D eigenvalue weighted by Crippen LogP contribution is 2.17. The third-order valence-electron chi connectivity index (χ3n) is 4.68. The summed E-state index contributed by atoms with van der Waals surface area (Å²) >= 11 is 5.79. The van der Waals surface area contributed by atoms with Crippen molar-refractivity contribution in [3.8, 4) is 0 Å². The summed E-state index contributed by atoms with van der Waals surface area (Å²) in [5.41, 5.74) is 1.45. The molecular formula is C21H23ClN2O4S. The molecule has 2 aromatic rings. The molecule has 1 heterocycles. The lowest BCUT2D eigenvalue weighted by molar-refractivity contribution is -0.113. The zero-order chi connectivity index (χ0) is 20.9. The number of rotatable bonds is 6. The van der Waals surface area contributed by atoms with Gasteiger partial charge in [-0.1, -0.05) is 23.7 Å². The second kappa shape index (κ2) is 9.41. The van der Waals surface area contributed by atoms with E-state index in [1.165, 1.54) is 0 Å². The van der Waals surface area contributed by atoms with Crippen molar-refractivity contribution in [2.24, 2.45) is 0 Å².